The van der Waals surface area contributed by atoms with E-state index in [0.717, 1.165) is 5.92 Å². The summed E-state index contributed by atoms with van der Waals surface area (Å²) < 4.78 is 0.681. The Morgan fingerprint density at radius 1 is 1.30 bits per heavy atom. The molecule has 0 nitrogen and oxygen atoms in total. The lowest BCUT2D eigenvalue weighted by Crippen LogP contribution is -2.19. The first-order valence-corrected chi connectivity index (χ1v) is 6.08. The molecule has 1 aliphatic carbocycles. The Bertz CT molecular complexity index is 122. The summed E-state index contributed by atoms with van der Waals surface area (Å²) in [4.78, 5) is 0. The van der Waals surface area contributed by atoms with Gasteiger partial charge in [0.2, 0.25) is 0 Å². The number of hydrogen-bond donors (Lipinski definition) is 0. The fourth-order valence-corrected chi connectivity index (χ4v) is 5.59. The Kier molecular flexibility index (Phi) is 1.94. The second-order valence-electron chi connectivity index (χ2n) is 3.30. The van der Waals surface area contributed by atoms with Crippen molar-refractivity contribution in [3.05, 3.63) is 0 Å². The molecular weight excluding hydrogens is 160 g/mol. The van der Waals surface area contributed by atoms with Crippen LogP contribution in [0.2, 0.25) is 0 Å². The number of hydrogen-bond acceptors (Lipinski definition) is 2. The molecule has 0 radical (unpaired) electrons. The number of thioether (sulfide) groups is 2. The van der Waals surface area contributed by atoms with E-state index in [1.165, 1.54) is 30.8 Å². The first-order chi connectivity index (χ1) is 4.83. The van der Waals surface area contributed by atoms with Crippen molar-refractivity contribution in [3.63, 3.8) is 0 Å². The predicted molar refractivity (Wildman–Crippen MR) is 50.7 cm³/mol. The Balaban J connectivity index is 2.11. The standard InChI is InChI=1S/C8H14S2/c1-7-3-2-4-8(7)9-5-6-10-8/h7H,2-6H2,1H3. The topological polar surface area (TPSA) is 0 Å². The van der Waals surface area contributed by atoms with Crippen molar-refractivity contribution in [2.45, 2.75) is 30.3 Å². The molecule has 58 valence electrons. The maximum atomic E-state index is 2.43. The molecule has 1 spiro atoms. The van der Waals surface area contributed by atoms with Gasteiger partial charge in [-0.25, -0.2) is 0 Å². The van der Waals surface area contributed by atoms with Gasteiger partial charge in [-0.05, 0) is 18.8 Å². The monoisotopic (exact) mass is 174 g/mol. The van der Waals surface area contributed by atoms with Crippen molar-refractivity contribution >= 4 is 23.5 Å². The van der Waals surface area contributed by atoms with Gasteiger partial charge in [-0.3, -0.25) is 0 Å². The highest BCUT2D eigenvalue weighted by Gasteiger charge is 2.43. The van der Waals surface area contributed by atoms with Crippen LogP contribution < -0.4 is 0 Å². The van der Waals surface area contributed by atoms with E-state index in [-0.39, 0.29) is 0 Å². The van der Waals surface area contributed by atoms with Gasteiger partial charge in [0.15, 0.2) is 0 Å². The van der Waals surface area contributed by atoms with Gasteiger partial charge in [0, 0.05) is 11.5 Å². The molecule has 1 heterocycles. The van der Waals surface area contributed by atoms with E-state index in [0.29, 0.717) is 4.08 Å². The Morgan fingerprint density at radius 2 is 2.00 bits per heavy atom. The van der Waals surface area contributed by atoms with E-state index in [2.05, 4.69) is 30.4 Å². The van der Waals surface area contributed by atoms with Gasteiger partial charge >= 0.3 is 0 Å². The summed E-state index contributed by atoms with van der Waals surface area (Å²) in [7, 11) is 0. The van der Waals surface area contributed by atoms with Gasteiger partial charge in [0.05, 0.1) is 4.08 Å². The molecule has 1 atom stereocenters. The highest BCUT2D eigenvalue weighted by atomic mass is 32.2. The molecule has 10 heavy (non-hydrogen) atoms. The van der Waals surface area contributed by atoms with Crippen molar-refractivity contribution in [1.82, 2.24) is 0 Å². The minimum atomic E-state index is 0.681. The summed E-state index contributed by atoms with van der Waals surface area (Å²) in [6.45, 7) is 2.43. The second kappa shape index (κ2) is 2.63. The SMILES string of the molecule is CC1CCCC12SCCS2. The van der Waals surface area contributed by atoms with E-state index in [4.69, 9.17) is 0 Å². The summed E-state index contributed by atoms with van der Waals surface area (Å²) in [5, 5.41) is 0. The summed E-state index contributed by atoms with van der Waals surface area (Å²) in [6, 6.07) is 0. The predicted octanol–water partition coefficient (Wildman–Crippen LogP) is 2.98. The van der Waals surface area contributed by atoms with Crippen molar-refractivity contribution in [3.8, 4) is 0 Å². The molecule has 2 heteroatoms. The average Bonchev–Trinajstić information content (AvgIpc) is 2.48. The largest absolute Gasteiger partial charge is 0.143 e. The first kappa shape index (κ1) is 7.35. The van der Waals surface area contributed by atoms with Gasteiger partial charge in [-0.15, -0.1) is 23.5 Å². The molecule has 1 saturated heterocycles. The smallest absolute Gasteiger partial charge is 0.0637 e. The van der Waals surface area contributed by atoms with Crippen LogP contribution in [-0.4, -0.2) is 15.6 Å². The summed E-state index contributed by atoms with van der Waals surface area (Å²) in [6.07, 6.45) is 4.42. The Morgan fingerprint density at radius 3 is 2.50 bits per heavy atom. The van der Waals surface area contributed by atoms with Crippen LogP contribution in [0.3, 0.4) is 0 Å². The Hall–Kier alpha value is 0.700. The number of rotatable bonds is 0. The van der Waals surface area contributed by atoms with Crippen LogP contribution in [0.15, 0.2) is 0 Å². The lowest BCUT2D eigenvalue weighted by Gasteiger charge is -2.25. The van der Waals surface area contributed by atoms with Crippen molar-refractivity contribution in [2.24, 2.45) is 5.92 Å². The molecule has 1 aliphatic heterocycles. The Labute approximate surface area is 71.5 Å². The average molecular weight is 174 g/mol. The van der Waals surface area contributed by atoms with Crippen LogP contribution in [0.4, 0.5) is 0 Å². The minimum Gasteiger partial charge on any atom is -0.143 e. The van der Waals surface area contributed by atoms with Crippen molar-refractivity contribution in [1.29, 1.82) is 0 Å². The highest BCUT2D eigenvalue weighted by Crippen LogP contribution is 2.57. The van der Waals surface area contributed by atoms with Crippen LogP contribution in [0.5, 0.6) is 0 Å². The maximum absolute atomic E-state index is 2.43. The van der Waals surface area contributed by atoms with Crippen LogP contribution in [-0.2, 0) is 0 Å². The molecule has 0 aromatic heterocycles. The summed E-state index contributed by atoms with van der Waals surface area (Å²) >= 11 is 4.45. The van der Waals surface area contributed by atoms with Crippen molar-refractivity contribution in [2.75, 3.05) is 11.5 Å². The molecule has 1 unspecified atom stereocenters. The molecule has 0 amide bonds. The van der Waals surface area contributed by atoms with E-state index in [1.807, 2.05) is 0 Å². The molecule has 0 bridgehead atoms. The van der Waals surface area contributed by atoms with Gasteiger partial charge in [-0.1, -0.05) is 13.3 Å². The molecule has 0 aromatic rings. The van der Waals surface area contributed by atoms with E-state index in [9.17, 15) is 0 Å². The molecule has 0 N–H and O–H groups in total. The zero-order valence-corrected chi connectivity index (χ0v) is 8.06. The highest BCUT2D eigenvalue weighted by molar-refractivity contribution is 8.21. The van der Waals surface area contributed by atoms with E-state index < -0.39 is 0 Å². The lowest BCUT2D eigenvalue weighted by molar-refractivity contribution is 0.598. The minimum absolute atomic E-state index is 0.681. The fraction of sp³-hybridized carbons (Fsp3) is 1.00. The van der Waals surface area contributed by atoms with E-state index in [1.54, 1.807) is 0 Å². The lowest BCUT2D eigenvalue weighted by atomic mass is 10.1. The summed E-state index contributed by atoms with van der Waals surface area (Å²) in [5.74, 6) is 3.77. The van der Waals surface area contributed by atoms with Crippen LogP contribution in [0.1, 0.15) is 26.2 Å². The third kappa shape index (κ3) is 1.00. The zero-order chi connectivity index (χ0) is 7.03. The zero-order valence-electron chi connectivity index (χ0n) is 6.43. The van der Waals surface area contributed by atoms with Gasteiger partial charge in [0.1, 0.15) is 0 Å². The maximum Gasteiger partial charge on any atom is 0.0637 e. The van der Waals surface area contributed by atoms with Gasteiger partial charge in [-0.2, -0.15) is 0 Å². The van der Waals surface area contributed by atoms with Gasteiger partial charge < -0.3 is 0 Å². The molecule has 1 saturated carbocycles. The third-order valence-corrected chi connectivity index (χ3v) is 6.66. The van der Waals surface area contributed by atoms with E-state index >= 15 is 0 Å². The normalized spacial score (nSPS) is 37.5. The van der Waals surface area contributed by atoms with Crippen LogP contribution >= 0.6 is 23.5 Å². The van der Waals surface area contributed by atoms with Crippen molar-refractivity contribution < 1.29 is 0 Å². The van der Waals surface area contributed by atoms with Crippen LogP contribution in [0, 0.1) is 5.92 Å². The second-order valence-corrected chi connectivity index (χ2v) is 6.41. The third-order valence-electron chi connectivity index (χ3n) is 2.69. The molecule has 0 aromatic carbocycles. The molecular formula is C8H14S2. The van der Waals surface area contributed by atoms with Crippen LogP contribution in [0.25, 0.3) is 0 Å². The first-order valence-electron chi connectivity index (χ1n) is 4.11. The summed E-state index contributed by atoms with van der Waals surface area (Å²) in [5.41, 5.74) is 0. The fourth-order valence-electron chi connectivity index (χ4n) is 2.02. The quantitative estimate of drug-likeness (QED) is 0.554. The molecule has 2 aliphatic rings. The molecule has 2 fully saturated rings. The van der Waals surface area contributed by atoms with Gasteiger partial charge in [0.25, 0.3) is 0 Å². The molecule has 2 rings (SSSR count).